The SMILES string of the molecule is CCNC(=O)[C@@H](C)NC(=O)C[NH+](C)CC(=O)Nc1cccc(OC)c1. The zero-order chi connectivity index (χ0) is 18.8. The van der Waals surface area contributed by atoms with Crippen molar-refractivity contribution in [2.75, 3.05) is 39.1 Å². The van der Waals surface area contributed by atoms with Gasteiger partial charge in [0.25, 0.3) is 11.8 Å². The lowest BCUT2D eigenvalue weighted by Crippen LogP contribution is -3.11. The van der Waals surface area contributed by atoms with E-state index in [0.29, 0.717) is 22.9 Å². The molecule has 0 spiro atoms. The summed E-state index contributed by atoms with van der Waals surface area (Å²) in [7, 11) is 3.29. The van der Waals surface area contributed by atoms with Gasteiger partial charge in [0.15, 0.2) is 13.1 Å². The molecule has 0 saturated carbocycles. The summed E-state index contributed by atoms with van der Waals surface area (Å²) in [4.78, 5) is 36.3. The summed E-state index contributed by atoms with van der Waals surface area (Å²) < 4.78 is 5.10. The van der Waals surface area contributed by atoms with Crippen LogP contribution < -0.4 is 25.6 Å². The number of rotatable bonds is 9. The van der Waals surface area contributed by atoms with Crippen molar-refractivity contribution in [1.29, 1.82) is 0 Å². The quantitative estimate of drug-likeness (QED) is 0.448. The molecule has 1 aromatic rings. The summed E-state index contributed by atoms with van der Waals surface area (Å²) in [6.07, 6.45) is 0. The third kappa shape index (κ3) is 7.67. The third-order valence-electron chi connectivity index (χ3n) is 3.40. The van der Waals surface area contributed by atoms with E-state index in [1.165, 1.54) is 0 Å². The van der Waals surface area contributed by atoms with Gasteiger partial charge in [0, 0.05) is 18.3 Å². The van der Waals surface area contributed by atoms with E-state index in [9.17, 15) is 14.4 Å². The van der Waals surface area contributed by atoms with Gasteiger partial charge in [-0.05, 0) is 26.0 Å². The van der Waals surface area contributed by atoms with Crippen molar-refractivity contribution in [3.63, 3.8) is 0 Å². The molecule has 25 heavy (non-hydrogen) atoms. The Hall–Kier alpha value is -2.61. The van der Waals surface area contributed by atoms with Crippen LogP contribution in [0.25, 0.3) is 0 Å². The van der Waals surface area contributed by atoms with Crippen LogP contribution in [0.4, 0.5) is 5.69 Å². The molecule has 1 rings (SSSR count). The van der Waals surface area contributed by atoms with Crippen molar-refractivity contribution in [3.8, 4) is 5.75 Å². The number of nitrogens with one attached hydrogen (secondary N) is 4. The van der Waals surface area contributed by atoms with E-state index < -0.39 is 6.04 Å². The van der Waals surface area contributed by atoms with E-state index in [4.69, 9.17) is 4.74 Å². The largest absolute Gasteiger partial charge is 0.497 e. The van der Waals surface area contributed by atoms with Crippen molar-refractivity contribution in [1.82, 2.24) is 10.6 Å². The number of hydrogen-bond acceptors (Lipinski definition) is 4. The molecule has 1 unspecified atom stereocenters. The van der Waals surface area contributed by atoms with Crippen LogP contribution in [0.5, 0.6) is 5.75 Å². The van der Waals surface area contributed by atoms with Gasteiger partial charge >= 0.3 is 0 Å². The van der Waals surface area contributed by atoms with Gasteiger partial charge in [-0.25, -0.2) is 0 Å². The Bertz CT molecular complexity index is 606. The zero-order valence-corrected chi connectivity index (χ0v) is 15.1. The lowest BCUT2D eigenvalue weighted by Gasteiger charge is -2.16. The first-order valence-corrected chi connectivity index (χ1v) is 8.18. The first-order valence-electron chi connectivity index (χ1n) is 8.18. The molecule has 138 valence electrons. The maximum atomic E-state index is 12.1. The molecule has 0 radical (unpaired) electrons. The number of anilines is 1. The fourth-order valence-corrected chi connectivity index (χ4v) is 2.20. The standard InChI is InChI=1S/C17H26N4O4/c1-5-18-17(24)12(2)19-15(22)10-21(3)11-16(23)20-13-7-6-8-14(9-13)25-4/h6-9,12H,5,10-11H2,1-4H3,(H,18,24)(H,19,22)(H,20,23)/p+1/t12-/m1/s1. The van der Waals surface area contributed by atoms with Crippen LogP contribution in [0, 0.1) is 0 Å². The summed E-state index contributed by atoms with van der Waals surface area (Å²) in [5.41, 5.74) is 0.631. The van der Waals surface area contributed by atoms with Gasteiger partial charge in [-0.1, -0.05) is 6.07 Å². The number of methoxy groups -OCH3 is 1. The summed E-state index contributed by atoms with van der Waals surface area (Å²) in [5, 5.41) is 8.01. The average Bonchev–Trinajstić information content (AvgIpc) is 2.54. The summed E-state index contributed by atoms with van der Waals surface area (Å²) in [5.74, 6) is -0.0812. The van der Waals surface area contributed by atoms with Gasteiger partial charge in [0.1, 0.15) is 11.8 Å². The van der Waals surface area contributed by atoms with E-state index in [2.05, 4.69) is 16.0 Å². The lowest BCUT2D eigenvalue weighted by atomic mass is 10.3. The maximum Gasteiger partial charge on any atom is 0.279 e. The molecule has 0 saturated heterocycles. The van der Waals surface area contributed by atoms with Crippen molar-refractivity contribution in [3.05, 3.63) is 24.3 Å². The van der Waals surface area contributed by atoms with Gasteiger partial charge in [-0.2, -0.15) is 0 Å². The first-order chi connectivity index (χ1) is 11.8. The molecule has 0 heterocycles. The molecular formula is C17H27N4O4+. The third-order valence-corrected chi connectivity index (χ3v) is 3.40. The number of hydrogen-bond donors (Lipinski definition) is 4. The zero-order valence-electron chi connectivity index (χ0n) is 15.1. The minimum absolute atomic E-state index is 0.0925. The Morgan fingerprint density at radius 1 is 1.20 bits per heavy atom. The maximum absolute atomic E-state index is 12.1. The van der Waals surface area contributed by atoms with E-state index in [1.807, 2.05) is 6.92 Å². The molecule has 0 aliphatic heterocycles. The molecule has 2 atom stereocenters. The van der Waals surface area contributed by atoms with Crippen LogP contribution >= 0.6 is 0 Å². The molecule has 0 aromatic heterocycles. The fraction of sp³-hybridized carbons (Fsp3) is 0.471. The number of quaternary nitrogens is 1. The predicted molar refractivity (Wildman–Crippen MR) is 94.5 cm³/mol. The van der Waals surface area contributed by atoms with E-state index in [-0.39, 0.29) is 30.8 Å². The smallest absolute Gasteiger partial charge is 0.279 e. The topological polar surface area (TPSA) is 101 Å². The normalized spacial score (nSPS) is 12.6. The molecule has 0 aliphatic carbocycles. The molecule has 1 aromatic carbocycles. The van der Waals surface area contributed by atoms with Crippen LogP contribution in [0.3, 0.4) is 0 Å². The van der Waals surface area contributed by atoms with Gasteiger partial charge in [-0.3, -0.25) is 14.4 Å². The second-order valence-corrected chi connectivity index (χ2v) is 5.77. The van der Waals surface area contributed by atoms with Crippen molar-refractivity contribution < 1.29 is 24.0 Å². The molecule has 0 aliphatic rings. The van der Waals surface area contributed by atoms with E-state index in [1.54, 1.807) is 45.3 Å². The van der Waals surface area contributed by atoms with Gasteiger partial charge in [0.2, 0.25) is 5.91 Å². The molecule has 8 heteroatoms. The van der Waals surface area contributed by atoms with Crippen LogP contribution in [0.2, 0.25) is 0 Å². The highest BCUT2D eigenvalue weighted by Crippen LogP contribution is 2.16. The Labute approximate surface area is 147 Å². The Morgan fingerprint density at radius 3 is 2.52 bits per heavy atom. The number of benzene rings is 1. The van der Waals surface area contributed by atoms with Crippen molar-refractivity contribution in [2.45, 2.75) is 19.9 Å². The van der Waals surface area contributed by atoms with Crippen LogP contribution in [-0.2, 0) is 14.4 Å². The summed E-state index contributed by atoms with van der Waals surface area (Å²) in [6, 6.07) is 6.43. The van der Waals surface area contributed by atoms with Crippen molar-refractivity contribution >= 4 is 23.4 Å². The predicted octanol–water partition coefficient (Wildman–Crippen LogP) is -1.21. The van der Waals surface area contributed by atoms with E-state index in [0.717, 1.165) is 0 Å². The van der Waals surface area contributed by atoms with Crippen LogP contribution in [0.15, 0.2) is 24.3 Å². The lowest BCUT2D eigenvalue weighted by molar-refractivity contribution is -0.862. The Balaban J connectivity index is 2.41. The van der Waals surface area contributed by atoms with Gasteiger partial charge < -0.3 is 25.6 Å². The number of likely N-dealkylation sites (N-methyl/N-ethyl adjacent to an activating group) is 2. The molecule has 8 nitrogen and oxygen atoms in total. The molecule has 4 N–H and O–H groups in total. The molecule has 0 bridgehead atoms. The second kappa shape index (κ2) is 10.3. The second-order valence-electron chi connectivity index (χ2n) is 5.77. The highest BCUT2D eigenvalue weighted by molar-refractivity contribution is 5.92. The molecular weight excluding hydrogens is 324 g/mol. The highest BCUT2D eigenvalue weighted by Gasteiger charge is 2.19. The number of carbonyl (C=O) groups excluding carboxylic acids is 3. The molecule has 3 amide bonds. The Morgan fingerprint density at radius 2 is 1.88 bits per heavy atom. The minimum Gasteiger partial charge on any atom is -0.497 e. The first kappa shape index (κ1) is 20.4. The van der Waals surface area contributed by atoms with Gasteiger partial charge in [-0.15, -0.1) is 0 Å². The number of ether oxygens (including phenoxy) is 1. The van der Waals surface area contributed by atoms with Crippen LogP contribution in [0.1, 0.15) is 13.8 Å². The molecule has 0 fully saturated rings. The van der Waals surface area contributed by atoms with Crippen molar-refractivity contribution in [2.24, 2.45) is 0 Å². The summed E-state index contributed by atoms with van der Waals surface area (Å²) in [6.45, 7) is 4.16. The fourth-order valence-electron chi connectivity index (χ4n) is 2.20. The Kier molecular flexibility index (Phi) is 8.42. The number of carbonyl (C=O) groups is 3. The monoisotopic (exact) mass is 351 g/mol. The highest BCUT2D eigenvalue weighted by atomic mass is 16.5. The van der Waals surface area contributed by atoms with Crippen LogP contribution in [-0.4, -0.2) is 57.6 Å². The van der Waals surface area contributed by atoms with Gasteiger partial charge in [0.05, 0.1) is 14.2 Å². The summed E-state index contributed by atoms with van der Waals surface area (Å²) >= 11 is 0. The minimum atomic E-state index is -0.606. The average molecular weight is 351 g/mol. The number of amides is 3. The van der Waals surface area contributed by atoms with E-state index >= 15 is 0 Å².